The quantitative estimate of drug-likeness (QED) is 0.921. The zero-order valence-corrected chi connectivity index (χ0v) is 13.1. The normalized spacial score (nSPS) is 17.6. The number of nitrogens with one attached hydrogen (secondary N) is 1. The molecule has 1 fully saturated rings. The second-order valence-corrected chi connectivity index (χ2v) is 6.23. The Bertz CT molecular complexity index is 631. The van der Waals surface area contributed by atoms with Crippen molar-refractivity contribution in [2.75, 3.05) is 13.1 Å². The van der Waals surface area contributed by atoms with Crippen molar-refractivity contribution in [3.63, 3.8) is 0 Å². The SMILES string of the molecule is O=C(Cc1ccc(C2CCNC2)cc1)Cc1ccc(Cl)cn1. The molecular formula is C18H19ClN2O. The molecule has 0 spiro atoms. The summed E-state index contributed by atoms with van der Waals surface area (Å²) < 4.78 is 0. The van der Waals surface area contributed by atoms with Gasteiger partial charge in [-0.3, -0.25) is 9.78 Å². The van der Waals surface area contributed by atoms with Crippen LogP contribution in [0.1, 0.15) is 29.2 Å². The first-order valence-electron chi connectivity index (χ1n) is 7.62. The number of hydrogen-bond donors (Lipinski definition) is 1. The summed E-state index contributed by atoms with van der Waals surface area (Å²) >= 11 is 5.79. The number of hydrogen-bond acceptors (Lipinski definition) is 3. The molecular weight excluding hydrogens is 296 g/mol. The maximum Gasteiger partial charge on any atom is 0.143 e. The molecule has 1 atom stereocenters. The summed E-state index contributed by atoms with van der Waals surface area (Å²) in [6.45, 7) is 2.15. The Labute approximate surface area is 135 Å². The van der Waals surface area contributed by atoms with E-state index in [1.54, 1.807) is 18.3 Å². The Hall–Kier alpha value is -1.71. The van der Waals surface area contributed by atoms with E-state index in [-0.39, 0.29) is 5.78 Å². The third-order valence-corrected chi connectivity index (χ3v) is 4.30. The zero-order chi connectivity index (χ0) is 15.4. The lowest BCUT2D eigenvalue weighted by Gasteiger charge is -2.09. The van der Waals surface area contributed by atoms with E-state index in [0.29, 0.717) is 23.8 Å². The minimum absolute atomic E-state index is 0.171. The van der Waals surface area contributed by atoms with Gasteiger partial charge in [-0.2, -0.15) is 0 Å². The number of pyridine rings is 1. The van der Waals surface area contributed by atoms with Crippen LogP contribution in [0.2, 0.25) is 5.02 Å². The van der Waals surface area contributed by atoms with Gasteiger partial charge in [0.25, 0.3) is 0 Å². The Kier molecular flexibility index (Phi) is 4.86. The molecule has 1 aliphatic heterocycles. The van der Waals surface area contributed by atoms with Crippen molar-refractivity contribution in [2.45, 2.75) is 25.2 Å². The number of rotatable bonds is 5. The van der Waals surface area contributed by atoms with Crippen LogP contribution in [0.3, 0.4) is 0 Å². The van der Waals surface area contributed by atoms with Crippen LogP contribution in [-0.4, -0.2) is 23.9 Å². The molecule has 0 aliphatic carbocycles. The van der Waals surface area contributed by atoms with Crippen molar-refractivity contribution in [1.29, 1.82) is 0 Å². The molecule has 114 valence electrons. The minimum Gasteiger partial charge on any atom is -0.316 e. The van der Waals surface area contributed by atoms with Crippen molar-refractivity contribution in [2.24, 2.45) is 0 Å². The van der Waals surface area contributed by atoms with Crippen molar-refractivity contribution in [3.8, 4) is 0 Å². The van der Waals surface area contributed by atoms with Crippen molar-refractivity contribution in [1.82, 2.24) is 10.3 Å². The second kappa shape index (κ2) is 7.03. The van der Waals surface area contributed by atoms with Gasteiger partial charge in [-0.05, 0) is 42.1 Å². The lowest BCUT2D eigenvalue weighted by molar-refractivity contribution is -0.117. The molecule has 2 aromatic rings. The molecule has 0 bridgehead atoms. The number of carbonyl (C=O) groups is 1. The first-order valence-corrected chi connectivity index (χ1v) is 8.00. The van der Waals surface area contributed by atoms with Gasteiger partial charge >= 0.3 is 0 Å². The van der Waals surface area contributed by atoms with Gasteiger partial charge in [0.15, 0.2) is 0 Å². The van der Waals surface area contributed by atoms with Gasteiger partial charge in [0.1, 0.15) is 5.78 Å². The summed E-state index contributed by atoms with van der Waals surface area (Å²) in [5.74, 6) is 0.785. The summed E-state index contributed by atoms with van der Waals surface area (Å²) in [4.78, 5) is 16.3. The predicted octanol–water partition coefficient (Wildman–Crippen LogP) is 3.17. The minimum atomic E-state index is 0.171. The van der Waals surface area contributed by atoms with Crippen LogP contribution in [0.5, 0.6) is 0 Å². The van der Waals surface area contributed by atoms with E-state index in [1.807, 2.05) is 0 Å². The summed E-state index contributed by atoms with van der Waals surface area (Å²) in [5.41, 5.74) is 3.19. The second-order valence-electron chi connectivity index (χ2n) is 5.79. The summed E-state index contributed by atoms with van der Waals surface area (Å²) in [6, 6.07) is 12.0. The summed E-state index contributed by atoms with van der Waals surface area (Å²) in [7, 11) is 0. The average Bonchev–Trinajstić information content (AvgIpc) is 3.05. The number of Topliss-reactive ketones (excluding diaryl/α,β-unsaturated/α-hetero) is 1. The van der Waals surface area contributed by atoms with E-state index in [1.165, 1.54) is 12.0 Å². The van der Waals surface area contributed by atoms with Gasteiger partial charge in [0.05, 0.1) is 5.02 Å². The molecule has 0 amide bonds. The summed E-state index contributed by atoms with van der Waals surface area (Å²) in [5, 5.41) is 3.97. The smallest absolute Gasteiger partial charge is 0.143 e. The van der Waals surface area contributed by atoms with Crippen LogP contribution in [0.4, 0.5) is 0 Å². The topological polar surface area (TPSA) is 42.0 Å². The van der Waals surface area contributed by atoms with E-state index in [9.17, 15) is 4.79 Å². The Morgan fingerprint density at radius 1 is 1.18 bits per heavy atom. The molecule has 2 heterocycles. The van der Waals surface area contributed by atoms with Crippen LogP contribution < -0.4 is 5.32 Å². The maximum atomic E-state index is 12.1. The van der Waals surface area contributed by atoms with E-state index >= 15 is 0 Å². The van der Waals surface area contributed by atoms with Crippen molar-refractivity contribution < 1.29 is 4.79 Å². The molecule has 3 nitrogen and oxygen atoms in total. The fraction of sp³-hybridized carbons (Fsp3) is 0.333. The third-order valence-electron chi connectivity index (χ3n) is 4.08. The highest BCUT2D eigenvalue weighted by Gasteiger charge is 2.16. The van der Waals surface area contributed by atoms with Crippen LogP contribution >= 0.6 is 11.6 Å². The molecule has 22 heavy (non-hydrogen) atoms. The van der Waals surface area contributed by atoms with Gasteiger partial charge in [-0.25, -0.2) is 0 Å². The number of aromatic nitrogens is 1. The van der Waals surface area contributed by atoms with Crippen LogP contribution in [0.15, 0.2) is 42.6 Å². The van der Waals surface area contributed by atoms with Gasteiger partial charge in [0.2, 0.25) is 0 Å². The maximum absolute atomic E-state index is 12.1. The van der Waals surface area contributed by atoms with E-state index in [2.05, 4.69) is 34.6 Å². The highest BCUT2D eigenvalue weighted by atomic mass is 35.5. The van der Waals surface area contributed by atoms with Gasteiger partial charge < -0.3 is 5.32 Å². The molecule has 0 radical (unpaired) electrons. The Morgan fingerprint density at radius 2 is 2.00 bits per heavy atom. The molecule has 1 aromatic carbocycles. The highest BCUT2D eigenvalue weighted by Crippen LogP contribution is 2.22. The standard InChI is InChI=1S/C18H19ClN2O/c19-16-5-6-17(21-12-16)10-18(22)9-13-1-3-14(4-2-13)15-7-8-20-11-15/h1-6,12,15,20H,7-11H2. The van der Waals surface area contributed by atoms with E-state index < -0.39 is 0 Å². The van der Waals surface area contributed by atoms with Gasteiger partial charge in [-0.15, -0.1) is 0 Å². The fourth-order valence-electron chi connectivity index (χ4n) is 2.85. The number of nitrogens with zero attached hydrogens (tertiary/aromatic N) is 1. The predicted molar refractivity (Wildman–Crippen MR) is 88.3 cm³/mol. The monoisotopic (exact) mass is 314 g/mol. The van der Waals surface area contributed by atoms with Crippen LogP contribution in [0.25, 0.3) is 0 Å². The first-order chi connectivity index (χ1) is 10.7. The highest BCUT2D eigenvalue weighted by molar-refractivity contribution is 6.30. The number of carbonyl (C=O) groups excluding carboxylic acids is 1. The number of halogens is 1. The first kappa shape index (κ1) is 15.2. The lowest BCUT2D eigenvalue weighted by atomic mass is 9.96. The van der Waals surface area contributed by atoms with E-state index in [4.69, 9.17) is 11.6 Å². The molecule has 4 heteroatoms. The largest absolute Gasteiger partial charge is 0.316 e. The summed E-state index contributed by atoms with van der Waals surface area (Å²) in [6.07, 6.45) is 3.58. The van der Waals surface area contributed by atoms with Gasteiger partial charge in [-0.1, -0.05) is 35.9 Å². The number of benzene rings is 1. The lowest BCUT2D eigenvalue weighted by Crippen LogP contribution is -2.09. The zero-order valence-electron chi connectivity index (χ0n) is 12.4. The average molecular weight is 315 g/mol. The van der Waals surface area contributed by atoms with Crippen molar-refractivity contribution >= 4 is 17.4 Å². The van der Waals surface area contributed by atoms with E-state index in [0.717, 1.165) is 24.3 Å². The number of ketones is 1. The Balaban J connectivity index is 1.57. The molecule has 1 unspecified atom stereocenters. The Morgan fingerprint density at radius 3 is 2.64 bits per heavy atom. The van der Waals surface area contributed by atoms with Crippen LogP contribution in [-0.2, 0) is 17.6 Å². The molecule has 3 rings (SSSR count). The fourth-order valence-corrected chi connectivity index (χ4v) is 2.96. The molecule has 1 aliphatic rings. The van der Waals surface area contributed by atoms with Gasteiger partial charge in [0, 0.05) is 31.3 Å². The molecule has 1 aromatic heterocycles. The van der Waals surface area contributed by atoms with Crippen molar-refractivity contribution in [3.05, 3.63) is 64.4 Å². The molecule has 0 saturated carbocycles. The third kappa shape index (κ3) is 3.93. The molecule has 1 N–H and O–H groups in total. The molecule has 1 saturated heterocycles. The van der Waals surface area contributed by atoms with Crippen LogP contribution in [0, 0.1) is 0 Å².